The van der Waals surface area contributed by atoms with E-state index in [9.17, 15) is 4.79 Å². The molecule has 144 valence electrons. The zero-order valence-corrected chi connectivity index (χ0v) is 16.6. The number of aromatic nitrogens is 3. The predicted octanol–water partition coefficient (Wildman–Crippen LogP) is 2.38. The number of amides is 1. The van der Waals surface area contributed by atoms with Crippen molar-refractivity contribution in [3.63, 3.8) is 0 Å². The monoisotopic (exact) mass is 407 g/mol. The third-order valence-electron chi connectivity index (χ3n) is 3.66. The highest BCUT2D eigenvalue weighted by Crippen LogP contribution is 2.24. The Morgan fingerprint density at radius 1 is 1.22 bits per heavy atom. The van der Waals surface area contributed by atoms with E-state index >= 15 is 0 Å². The zero-order chi connectivity index (χ0) is 18.2. The molecule has 0 aliphatic rings. The smallest absolute Gasteiger partial charge is 0.270 e. The van der Waals surface area contributed by atoms with E-state index in [1.807, 2.05) is 36.5 Å². The number of halogens is 1. The SMILES string of the molecule is COCCNCCNC(=O)c1csc(-c2cnn(-c3ccccc3)c2)n1.Cl. The second kappa shape index (κ2) is 10.8. The van der Waals surface area contributed by atoms with Crippen LogP contribution in [0.5, 0.6) is 0 Å². The number of hydrogen-bond donors (Lipinski definition) is 2. The fourth-order valence-electron chi connectivity index (χ4n) is 2.32. The molecule has 1 aromatic carbocycles. The molecule has 9 heteroatoms. The molecule has 0 spiro atoms. The molecule has 2 aromatic heterocycles. The quantitative estimate of drug-likeness (QED) is 0.532. The van der Waals surface area contributed by atoms with Crippen molar-refractivity contribution >= 4 is 29.7 Å². The highest BCUT2D eigenvalue weighted by Gasteiger charge is 2.13. The minimum absolute atomic E-state index is 0. The Morgan fingerprint density at radius 3 is 2.81 bits per heavy atom. The number of rotatable bonds is 9. The van der Waals surface area contributed by atoms with Gasteiger partial charge in [0, 0.05) is 43.9 Å². The van der Waals surface area contributed by atoms with Gasteiger partial charge in [-0.3, -0.25) is 4.79 Å². The number of methoxy groups -OCH3 is 1. The third-order valence-corrected chi connectivity index (χ3v) is 4.55. The van der Waals surface area contributed by atoms with Crippen LogP contribution >= 0.6 is 23.7 Å². The molecule has 3 rings (SSSR count). The number of thiazole rings is 1. The minimum atomic E-state index is -0.170. The van der Waals surface area contributed by atoms with Crippen molar-refractivity contribution in [1.29, 1.82) is 0 Å². The van der Waals surface area contributed by atoms with Gasteiger partial charge in [-0.05, 0) is 12.1 Å². The Kier molecular flexibility index (Phi) is 8.41. The molecule has 0 saturated heterocycles. The topological polar surface area (TPSA) is 81.1 Å². The molecule has 0 atom stereocenters. The van der Waals surface area contributed by atoms with Gasteiger partial charge in [0.25, 0.3) is 5.91 Å². The minimum Gasteiger partial charge on any atom is -0.383 e. The van der Waals surface area contributed by atoms with Gasteiger partial charge in [-0.2, -0.15) is 5.10 Å². The molecule has 0 aliphatic carbocycles. The van der Waals surface area contributed by atoms with Crippen molar-refractivity contribution in [2.45, 2.75) is 0 Å². The molecule has 3 aromatic rings. The molecule has 0 aliphatic heterocycles. The van der Waals surface area contributed by atoms with Crippen LogP contribution in [-0.2, 0) is 4.74 Å². The molecular formula is C18H22ClN5O2S. The van der Waals surface area contributed by atoms with Gasteiger partial charge in [0.15, 0.2) is 0 Å². The summed E-state index contributed by atoms with van der Waals surface area (Å²) in [7, 11) is 1.66. The molecule has 0 unspecified atom stereocenters. The lowest BCUT2D eigenvalue weighted by Gasteiger charge is -2.04. The van der Waals surface area contributed by atoms with Crippen LogP contribution < -0.4 is 10.6 Å². The van der Waals surface area contributed by atoms with Gasteiger partial charge in [0.2, 0.25) is 0 Å². The summed E-state index contributed by atoms with van der Waals surface area (Å²) in [5, 5.41) is 12.9. The Morgan fingerprint density at radius 2 is 2.04 bits per heavy atom. The number of nitrogens with one attached hydrogen (secondary N) is 2. The summed E-state index contributed by atoms with van der Waals surface area (Å²) in [6.45, 7) is 2.65. The van der Waals surface area contributed by atoms with Gasteiger partial charge in [-0.15, -0.1) is 23.7 Å². The van der Waals surface area contributed by atoms with Gasteiger partial charge in [-0.1, -0.05) is 18.2 Å². The average molecular weight is 408 g/mol. The van der Waals surface area contributed by atoms with Gasteiger partial charge in [-0.25, -0.2) is 9.67 Å². The summed E-state index contributed by atoms with van der Waals surface area (Å²) >= 11 is 1.43. The van der Waals surface area contributed by atoms with E-state index in [4.69, 9.17) is 4.74 Å². The van der Waals surface area contributed by atoms with Crippen molar-refractivity contribution in [3.8, 4) is 16.3 Å². The van der Waals surface area contributed by atoms with E-state index < -0.39 is 0 Å². The lowest BCUT2D eigenvalue weighted by atomic mass is 10.3. The maximum absolute atomic E-state index is 12.2. The van der Waals surface area contributed by atoms with Crippen molar-refractivity contribution < 1.29 is 9.53 Å². The maximum Gasteiger partial charge on any atom is 0.270 e. The summed E-state index contributed by atoms with van der Waals surface area (Å²) in [5.41, 5.74) is 2.29. The van der Waals surface area contributed by atoms with Crippen molar-refractivity contribution in [1.82, 2.24) is 25.4 Å². The Balaban J connectivity index is 0.00000261. The van der Waals surface area contributed by atoms with E-state index in [0.717, 1.165) is 22.8 Å². The van der Waals surface area contributed by atoms with Crippen LogP contribution in [0.2, 0.25) is 0 Å². The van der Waals surface area contributed by atoms with Crippen molar-refractivity contribution in [3.05, 3.63) is 53.8 Å². The normalized spacial score (nSPS) is 10.4. The molecule has 0 fully saturated rings. The Hall–Kier alpha value is -2.26. The summed E-state index contributed by atoms with van der Waals surface area (Å²) in [5.74, 6) is -0.170. The van der Waals surface area contributed by atoms with Crippen LogP contribution in [0.25, 0.3) is 16.3 Å². The van der Waals surface area contributed by atoms with Crippen LogP contribution in [-0.4, -0.2) is 54.0 Å². The van der Waals surface area contributed by atoms with Gasteiger partial charge < -0.3 is 15.4 Å². The first-order valence-corrected chi connectivity index (χ1v) is 9.20. The average Bonchev–Trinajstić information content (AvgIpc) is 3.34. The van der Waals surface area contributed by atoms with Crippen molar-refractivity contribution in [2.75, 3.05) is 33.4 Å². The van der Waals surface area contributed by atoms with Gasteiger partial charge in [0.1, 0.15) is 10.7 Å². The molecule has 2 heterocycles. The first-order chi connectivity index (χ1) is 12.8. The lowest BCUT2D eigenvalue weighted by molar-refractivity contribution is 0.0949. The molecule has 0 saturated carbocycles. The summed E-state index contributed by atoms with van der Waals surface area (Å²) in [6.07, 6.45) is 3.67. The fourth-order valence-corrected chi connectivity index (χ4v) is 3.10. The number of para-hydroxylation sites is 1. The first-order valence-electron chi connectivity index (χ1n) is 8.32. The standard InChI is InChI=1S/C18H21N5O2S.ClH/c1-25-10-9-19-7-8-20-17(24)16-13-26-18(22-16)14-11-21-23(12-14)15-5-3-2-4-6-15;/h2-6,11-13,19H,7-10H2,1H3,(H,20,24);1H. The second-order valence-corrected chi connectivity index (χ2v) is 6.40. The van der Waals surface area contributed by atoms with E-state index in [-0.39, 0.29) is 18.3 Å². The van der Waals surface area contributed by atoms with E-state index in [0.29, 0.717) is 25.4 Å². The summed E-state index contributed by atoms with van der Waals surface area (Å²) < 4.78 is 6.74. The Labute approximate surface area is 168 Å². The molecule has 0 radical (unpaired) electrons. The highest BCUT2D eigenvalue weighted by atomic mass is 35.5. The van der Waals surface area contributed by atoms with E-state index in [1.54, 1.807) is 23.4 Å². The number of carbonyl (C=O) groups is 1. The van der Waals surface area contributed by atoms with Crippen LogP contribution in [0.1, 0.15) is 10.5 Å². The second-order valence-electron chi connectivity index (χ2n) is 5.55. The summed E-state index contributed by atoms with van der Waals surface area (Å²) in [4.78, 5) is 16.6. The van der Waals surface area contributed by atoms with Crippen LogP contribution in [0, 0.1) is 0 Å². The van der Waals surface area contributed by atoms with Crippen LogP contribution in [0.15, 0.2) is 48.1 Å². The molecule has 2 N–H and O–H groups in total. The zero-order valence-electron chi connectivity index (χ0n) is 14.9. The number of benzene rings is 1. The maximum atomic E-state index is 12.2. The molecule has 1 amide bonds. The van der Waals surface area contributed by atoms with Crippen LogP contribution in [0.3, 0.4) is 0 Å². The van der Waals surface area contributed by atoms with Crippen molar-refractivity contribution in [2.24, 2.45) is 0 Å². The van der Waals surface area contributed by atoms with Crippen LogP contribution in [0.4, 0.5) is 0 Å². The predicted molar refractivity (Wildman–Crippen MR) is 109 cm³/mol. The largest absolute Gasteiger partial charge is 0.383 e. The van der Waals surface area contributed by atoms with Gasteiger partial charge >= 0.3 is 0 Å². The molecule has 27 heavy (non-hydrogen) atoms. The van der Waals surface area contributed by atoms with E-state index in [2.05, 4.69) is 20.7 Å². The summed E-state index contributed by atoms with van der Waals surface area (Å²) in [6, 6.07) is 9.86. The number of carbonyl (C=O) groups excluding carboxylic acids is 1. The molecule has 0 bridgehead atoms. The highest BCUT2D eigenvalue weighted by molar-refractivity contribution is 7.13. The molecule has 7 nitrogen and oxygen atoms in total. The fraction of sp³-hybridized carbons (Fsp3) is 0.278. The van der Waals surface area contributed by atoms with Gasteiger partial charge in [0.05, 0.1) is 18.5 Å². The first kappa shape index (κ1) is 21.0. The number of nitrogens with zero attached hydrogens (tertiary/aromatic N) is 3. The number of hydrogen-bond acceptors (Lipinski definition) is 6. The number of ether oxygens (including phenoxy) is 1. The lowest BCUT2D eigenvalue weighted by Crippen LogP contribution is -2.33. The Bertz CT molecular complexity index is 837. The molecular weight excluding hydrogens is 386 g/mol. The third kappa shape index (κ3) is 5.86. The van der Waals surface area contributed by atoms with E-state index in [1.165, 1.54) is 11.3 Å².